The van der Waals surface area contributed by atoms with Crippen LogP contribution in [0.5, 0.6) is 0 Å². The molecule has 3 aliphatic rings. The molecule has 1 spiro atoms. The fraction of sp³-hybridized carbons (Fsp3) is 0.487. The van der Waals surface area contributed by atoms with Crippen molar-refractivity contribution < 1.29 is 13.9 Å². The Morgan fingerprint density at radius 2 is 1.51 bits per heavy atom. The Morgan fingerprint density at radius 3 is 2.19 bits per heavy atom. The Kier molecular flexibility index (Phi) is 7.02. The fourth-order valence-corrected chi connectivity index (χ4v) is 8.14. The molecule has 0 amide bonds. The first-order valence-electron chi connectivity index (χ1n) is 16.5. The van der Waals surface area contributed by atoms with Gasteiger partial charge < -0.3 is 18.8 Å². The zero-order chi connectivity index (χ0) is 30.2. The summed E-state index contributed by atoms with van der Waals surface area (Å²) in [7, 11) is 0. The van der Waals surface area contributed by atoms with Crippen LogP contribution in [-0.4, -0.2) is 12.2 Å². The first-order valence-corrected chi connectivity index (χ1v) is 16.5. The summed E-state index contributed by atoms with van der Waals surface area (Å²) in [6.45, 7) is 18.3. The summed E-state index contributed by atoms with van der Waals surface area (Å²) in [5.41, 5.74) is 10.7. The quantitative estimate of drug-likeness (QED) is 0.228. The van der Waals surface area contributed by atoms with Gasteiger partial charge in [-0.3, -0.25) is 0 Å². The second-order valence-electron chi connectivity index (χ2n) is 14.7. The average Bonchev–Trinajstić information content (AvgIpc) is 3.39. The molecule has 3 aromatic carbocycles. The van der Waals surface area contributed by atoms with Crippen LogP contribution in [0, 0.1) is 31.6 Å². The maximum atomic E-state index is 7.36. The molecule has 3 unspecified atom stereocenters. The first kappa shape index (κ1) is 28.7. The van der Waals surface area contributed by atoms with Gasteiger partial charge in [0.15, 0.2) is 0 Å². The molecule has 43 heavy (non-hydrogen) atoms. The van der Waals surface area contributed by atoms with Crippen LogP contribution in [0.1, 0.15) is 101 Å². The number of anilines is 1. The van der Waals surface area contributed by atoms with Crippen molar-refractivity contribution in [1.82, 2.24) is 0 Å². The number of ether oxygens (including phenoxy) is 2. The summed E-state index contributed by atoms with van der Waals surface area (Å²) < 4.78 is 21.2. The SMILES string of the molecule is Cc1cc(C)c2c(c1)C1C=C(CC(C)C)c3cc4c(cc3N1C21OC(CC(C)C)CC(CC(C)C)O1)oc1ccccc14. The summed E-state index contributed by atoms with van der Waals surface area (Å²) in [6.07, 6.45) is 6.72. The highest BCUT2D eigenvalue weighted by atomic mass is 16.7. The molecule has 7 rings (SSSR count). The van der Waals surface area contributed by atoms with Crippen LogP contribution in [0.4, 0.5) is 5.69 Å². The van der Waals surface area contributed by atoms with Gasteiger partial charge in [-0.15, -0.1) is 0 Å². The number of furan rings is 1. The Bertz CT molecular complexity index is 1710. The lowest BCUT2D eigenvalue weighted by Crippen LogP contribution is -2.56. The monoisotopic (exact) mass is 577 g/mol. The van der Waals surface area contributed by atoms with E-state index in [-0.39, 0.29) is 18.2 Å². The molecular formula is C39H47NO3. The minimum atomic E-state index is -0.997. The van der Waals surface area contributed by atoms with Gasteiger partial charge in [-0.1, -0.05) is 83.5 Å². The third-order valence-corrected chi connectivity index (χ3v) is 9.48. The zero-order valence-corrected chi connectivity index (χ0v) is 27.2. The second kappa shape index (κ2) is 10.5. The lowest BCUT2D eigenvalue weighted by atomic mass is 9.87. The number of aryl methyl sites for hydroxylation is 2. The van der Waals surface area contributed by atoms with E-state index in [2.05, 4.69) is 115 Å². The number of para-hydroxylation sites is 1. The molecule has 0 saturated carbocycles. The molecule has 3 aliphatic heterocycles. The van der Waals surface area contributed by atoms with Crippen molar-refractivity contribution in [1.29, 1.82) is 0 Å². The van der Waals surface area contributed by atoms with Gasteiger partial charge in [-0.05, 0) is 79.7 Å². The molecule has 4 aromatic rings. The highest BCUT2D eigenvalue weighted by molar-refractivity contribution is 6.08. The molecule has 0 N–H and O–H groups in total. The van der Waals surface area contributed by atoms with E-state index in [1.165, 1.54) is 38.8 Å². The Hall–Kier alpha value is -3.08. The predicted molar refractivity (Wildman–Crippen MR) is 177 cm³/mol. The number of fused-ring (bicyclic) bond motifs is 10. The summed E-state index contributed by atoms with van der Waals surface area (Å²) in [5.74, 6) is 0.613. The van der Waals surface area contributed by atoms with E-state index in [1.54, 1.807) is 0 Å². The smallest absolute Gasteiger partial charge is 0.282 e. The molecule has 1 aromatic heterocycles. The van der Waals surface area contributed by atoms with Crippen LogP contribution in [0.3, 0.4) is 0 Å². The van der Waals surface area contributed by atoms with Gasteiger partial charge in [0.2, 0.25) is 0 Å². The van der Waals surface area contributed by atoms with Crippen molar-refractivity contribution in [2.24, 2.45) is 17.8 Å². The van der Waals surface area contributed by atoms with Gasteiger partial charge >= 0.3 is 0 Å². The first-order chi connectivity index (χ1) is 20.5. The van der Waals surface area contributed by atoms with Crippen molar-refractivity contribution in [2.75, 3.05) is 4.90 Å². The maximum absolute atomic E-state index is 7.36. The number of nitrogens with zero attached hydrogens (tertiary/aromatic N) is 1. The molecule has 0 bridgehead atoms. The summed E-state index contributed by atoms with van der Waals surface area (Å²) in [6, 6.07) is 17.7. The van der Waals surface area contributed by atoms with Crippen molar-refractivity contribution >= 4 is 33.2 Å². The topological polar surface area (TPSA) is 34.8 Å². The largest absolute Gasteiger partial charge is 0.456 e. The Labute approximate surface area is 257 Å². The molecule has 226 valence electrons. The predicted octanol–water partition coefficient (Wildman–Crippen LogP) is 10.6. The number of benzene rings is 3. The molecule has 0 radical (unpaired) electrons. The van der Waals surface area contributed by atoms with Crippen molar-refractivity contribution in [3.63, 3.8) is 0 Å². The normalized spacial score (nSPS) is 24.9. The third kappa shape index (κ3) is 4.73. The minimum absolute atomic E-state index is 0.0224. The lowest BCUT2D eigenvalue weighted by Gasteiger charge is -2.51. The Morgan fingerprint density at radius 1 is 0.814 bits per heavy atom. The highest BCUT2D eigenvalue weighted by Gasteiger charge is 2.59. The lowest BCUT2D eigenvalue weighted by molar-refractivity contribution is -0.328. The molecule has 1 fully saturated rings. The van der Waals surface area contributed by atoms with E-state index in [9.17, 15) is 0 Å². The van der Waals surface area contributed by atoms with E-state index >= 15 is 0 Å². The van der Waals surface area contributed by atoms with Crippen LogP contribution >= 0.6 is 0 Å². The van der Waals surface area contributed by atoms with Gasteiger partial charge in [0.25, 0.3) is 5.91 Å². The number of allylic oxidation sites excluding steroid dienone is 1. The van der Waals surface area contributed by atoms with E-state index in [0.29, 0.717) is 17.8 Å². The number of hydrogen-bond acceptors (Lipinski definition) is 4. The van der Waals surface area contributed by atoms with Gasteiger partial charge in [0, 0.05) is 34.4 Å². The van der Waals surface area contributed by atoms with Gasteiger partial charge in [-0.2, -0.15) is 0 Å². The summed E-state index contributed by atoms with van der Waals surface area (Å²) >= 11 is 0. The van der Waals surface area contributed by atoms with E-state index < -0.39 is 5.91 Å². The van der Waals surface area contributed by atoms with E-state index in [1.807, 2.05) is 0 Å². The zero-order valence-electron chi connectivity index (χ0n) is 27.2. The molecule has 4 nitrogen and oxygen atoms in total. The van der Waals surface area contributed by atoms with Crippen molar-refractivity contribution in [3.05, 3.63) is 82.4 Å². The maximum Gasteiger partial charge on any atom is 0.282 e. The third-order valence-electron chi connectivity index (χ3n) is 9.48. The molecular weight excluding hydrogens is 530 g/mol. The van der Waals surface area contributed by atoms with Crippen molar-refractivity contribution in [3.8, 4) is 0 Å². The minimum Gasteiger partial charge on any atom is -0.456 e. The van der Waals surface area contributed by atoms with E-state index in [4.69, 9.17) is 13.9 Å². The highest BCUT2D eigenvalue weighted by Crippen LogP contribution is 2.60. The van der Waals surface area contributed by atoms with Crippen molar-refractivity contribution in [2.45, 2.75) is 105 Å². The molecule has 1 saturated heterocycles. The second-order valence-corrected chi connectivity index (χ2v) is 14.7. The van der Waals surface area contributed by atoms with Crippen LogP contribution in [0.25, 0.3) is 27.5 Å². The number of rotatable bonds is 6. The standard InChI is InChI=1S/C39H47NO3/c1-22(2)13-27-18-34-33-17-25(7)16-26(8)38(33)39(42-28(14-23(3)4)19-29(43-39)15-24(5)6)40(34)35-21-37-32(20-31(27)35)30-11-9-10-12-36(30)41-37/h9-12,16-18,20-24,28-29,34H,13-15,19H2,1-8H3. The summed E-state index contributed by atoms with van der Waals surface area (Å²) in [4.78, 5) is 2.48. The molecule has 4 heteroatoms. The average molecular weight is 578 g/mol. The van der Waals surface area contributed by atoms with Gasteiger partial charge in [0.1, 0.15) is 11.2 Å². The summed E-state index contributed by atoms with van der Waals surface area (Å²) in [5, 5.41) is 2.33. The molecule has 0 aliphatic carbocycles. The van der Waals surface area contributed by atoms with Gasteiger partial charge in [-0.25, -0.2) is 0 Å². The number of hydrogen-bond donors (Lipinski definition) is 0. The molecule has 3 atom stereocenters. The van der Waals surface area contributed by atoms with Crippen LogP contribution in [0.2, 0.25) is 0 Å². The van der Waals surface area contributed by atoms with Crippen LogP contribution < -0.4 is 4.90 Å². The Balaban J connectivity index is 1.51. The van der Waals surface area contributed by atoms with E-state index in [0.717, 1.165) is 47.9 Å². The molecule has 4 heterocycles. The van der Waals surface area contributed by atoms with Crippen LogP contribution in [-0.2, 0) is 15.4 Å². The fourth-order valence-electron chi connectivity index (χ4n) is 8.14. The van der Waals surface area contributed by atoms with Crippen LogP contribution in [0.15, 0.2) is 59.0 Å². The van der Waals surface area contributed by atoms with Gasteiger partial charge in [0.05, 0.1) is 23.9 Å².